The largest absolute Gasteiger partial charge is 0.497 e. The van der Waals surface area contributed by atoms with E-state index in [4.69, 9.17) is 14.2 Å². The lowest BCUT2D eigenvalue weighted by molar-refractivity contribution is -0.149. The van der Waals surface area contributed by atoms with Gasteiger partial charge in [-0.15, -0.1) is 0 Å². The zero-order valence-electron chi connectivity index (χ0n) is 21.2. The van der Waals surface area contributed by atoms with Gasteiger partial charge < -0.3 is 19.1 Å². The van der Waals surface area contributed by atoms with Crippen LogP contribution < -0.4 is 9.47 Å². The van der Waals surface area contributed by atoms with E-state index in [-0.39, 0.29) is 5.97 Å². The highest BCUT2D eigenvalue weighted by molar-refractivity contribution is 14.1. The Morgan fingerprint density at radius 2 is 1.89 bits per heavy atom. The monoisotopic (exact) mass is 610 g/mol. The Kier molecular flexibility index (Phi) is 7.81. The number of pyridine rings is 1. The zero-order chi connectivity index (χ0) is 25.8. The summed E-state index contributed by atoms with van der Waals surface area (Å²) in [5.74, 6) is 1.50. The highest BCUT2D eigenvalue weighted by Gasteiger charge is 2.43. The summed E-state index contributed by atoms with van der Waals surface area (Å²) in [6.45, 7) is 3.03. The number of rotatable bonds is 6. The van der Waals surface area contributed by atoms with E-state index < -0.39 is 5.41 Å². The van der Waals surface area contributed by atoms with Crippen molar-refractivity contribution in [3.63, 3.8) is 0 Å². The van der Waals surface area contributed by atoms with Gasteiger partial charge in [0.15, 0.2) is 0 Å². The normalized spacial score (nSPS) is 17.8. The average Bonchev–Trinajstić information content (AvgIpc) is 3.10. The molecule has 0 bridgehead atoms. The van der Waals surface area contributed by atoms with E-state index >= 15 is 0 Å². The molecule has 0 amide bonds. The van der Waals surface area contributed by atoms with Crippen molar-refractivity contribution < 1.29 is 19.0 Å². The number of piperidine rings is 1. The minimum Gasteiger partial charge on any atom is -0.497 e. The van der Waals surface area contributed by atoms with Crippen molar-refractivity contribution in [2.24, 2.45) is 0 Å². The fourth-order valence-corrected chi connectivity index (χ4v) is 5.77. The van der Waals surface area contributed by atoms with Crippen LogP contribution in [0.4, 0.5) is 0 Å². The summed E-state index contributed by atoms with van der Waals surface area (Å²) >= 11 is 2.29. The molecule has 192 valence electrons. The Morgan fingerprint density at radius 1 is 1.11 bits per heavy atom. The first-order valence-corrected chi connectivity index (χ1v) is 13.6. The van der Waals surface area contributed by atoms with Crippen LogP contribution in [-0.4, -0.2) is 49.7 Å². The Morgan fingerprint density at radius 3 is 2.62 bits per heavy atom. The van der Waals surface area contributed by atoms with Crippen molar-refractivity contribution in [1.29, 1.82) is 0 Å². The van der Waals surface area contributed by atoms with Gasteiger partial charge in [-0.2, -0.15) is 0 Å². The van der Waals surface area contributed by atoms with Crippen LogP contribution in [0, 0.1) is 3.57 Å². The summed E-state index contributed by atoms with van der Waals surface area (Å²) in [7, 11) is 3.17. The van der Waals surface area contributed by atoms with E-state index in [0.29, 0.717) is 6.61 Å². The Labute approximate surface area is 231 Å². The van der Waals surface area contributed by atoms with Crippen molar-refractivity contribution in [2.75, 3.05) is 33.9 Å². The average molecular weight is 610 g/mol. The van der Waals surface area contributed by atoms with Gasteiger partial charge in [0.2, 0.25) is 0 Å². The molecule has 1 fully saturated rings. The topological polar surface area (TPSA) is 60.9 Å². The number of esters is 1. The van der Waals surface area contributed by atoms with Crippen LogP contribution in [0.25, 0.3) is 5.57 Å². The number of nitrogens with zero attached hydrogens (tertiary/aromatic N) is 2. The molecular weight excluding hydrogens is 579 g/mol. The van der Waals surface area contributed by atoms with Gasteiger partial charge in [0.1, 0.15) is 18.1 Å². The maximum atomic E-state index is 12.9. The predicted molar refractivity (Wildman–Crippen MR) is 152 cm³/mol. The lowest BCUT2D eigenvalue weighted by atomic mass is 9.72. The Bertz CT molecular complexity index is 1300. The van der Waals surface area contributed by atoms with E-state index in [9.17, 15) is 4.79 Å². The fraction of sp³-hybridized carbons (Fsp3) is 0.333. The number of carbonyl (C=O) groups is 1. The van der Waals surface area contributed by atoms with E-state index in [0.717, 1.165) is 81.9 Å². The van der Waals surface area contributed by atoms with Crippen molar-refractivity contribution in [2.45, 2.75) is 31.3 Å². The van der Waals surface area contributed by atoms with E-state index in [1.807, 2.05) is 30.5 Å². The molecule has 0 radical (unpaired) electrons. The summed E-state index contributed by atoms with van der Waals surface area (Å²) in [6.07, 6.45) is 6.46. The summed E-state index contributed by atoms with van der Waals surface area (Å²) in [5.41, 5.74) is 4.64. The molecule has 0 aliphatic carbocycles. The summed E-state index contributed by atoms with van der Waals surface area (Å²) in [4.78, 5) is 20.0. The minimum atomic E-state index is -0.577. The van der Waals surface area contributed by atoms with Gasteiger partial charge in [0.25, 0.3) is 0 Å². The van der Waals surface area contributed by atoms with E-state index in [1.54, 1.807) is 7.11 Å². The number of methoxy groups -OCH3 is 2. The molecule has 7 heteroatoms. The number of ether oxygens (including phenoxy) is 3. The number of fused-ring (bicyclic) bond motifs is 2. The summed E-state index contributed by atoms with van der Waals surface area (Å²) < 4.78 is 18.0. The van der Waals surface area contributed by atoms with Gasteiger partial charge >= 0.3 is 5.97 Å². The van der Waals surface area contributed by atoms with E-state index in [1.165, 1.54) is 7.11 Å². The molecular formula is C30H31IN2O4. The maximum Gasteiger partial charge on any atom is 0.316 e. The molecule has 1 saturated heterocycles. The third kappa shape index (κ3) is 5.25. The van der Waals surface area contributed by atoms with Gasteiger partial charge in [-0.1, -0.05) is 24.3 Å². The second-order valence-corrected chi connectivity index (χ2v) is 10.7. The molecule has 37 heavy (non-hydrogen) atoms. The first-order chi connectivity index (χ1) is 18.0. The van der Waals surface area contributed by atoms with E-state index in [2.05, 4.69) is 68.9 Å². The molecule has 2 aromatic carbocycles. The van der Waals surface area contributed by atoms with Crippen LogP contribution in [0.2, 0.25) is 0 Å². The first-order valence-electron chi connectivity index (χ1n) is 12.6. The summed E-state index contributed by atoms with van der Waals surface area (Å²) in [6, 6.07) is 18.3. The number of benzene rings is 2. The van der Waals surface area contributed by atoms with Gasteiger partial charge in [-0.05, 0) is 102 Å². The lowest BCUT2D eigenvalue weighted by Gasteiger charge is -2.40. The van der Waals surface area contributed by atoms with Crippen LogP contribution in [0.5, 0.6) is 11.5 Å². The Balaban J connectivity index is 1.34. The standard InChI is InChI=1S/C30H31IN2O4/c1-35-23-11-12-28-26(19-23)24(25-5-3-15-32-27(25)20-37-28)6-4-16-33-17-13-30(14-18-33,29(34)36-2)21-7-9-22(31)10-8-21/h3,5-12,15,19H,4,13-14,16-18,20H2,1-2H3. The highest BCUT2D eigenvalue weighted by Crippen LogP contribution is 2.39. The molecule has 2 aliphatic rings. The molecule has 0 atom stereocenters. The number of carbonyl (C=O) groups excluding carboxylic acids is 1. The number of aromatic nitrogens is 1. The zero-order valence-corrected chi connectivity index (χ0v) is 23.4. The van der Waals surface area contributed by atoms with Crippen LogP contribution in [0.3, 0.4) is 0 Å². The third-order valence-corrected chi connectivity index (χ3v) is 8.22. The highest BCUT2D eigenvalue weighted by atomic mass is 127. The number of hydrogen-bond acceptors (Lipinski definition) is 6. The van der Waals surface area contributed by atoms with Crippen molar-refractivity contribution in [3.05, 3.63) is 92.8 Å². The molecule has 0 unspecified atom stereocenters. The molecule has 3 aromatic rings. The van der Waals surface area contributed by atoms with Gasteiger partial charge in [0, 0.05) is 27.4 Å². The Hall–Kier alpha value is -2.91. The van der Waals surface area contributed by atoms with Crippen LogP contribution in [0.15, 0.2) is 66.9 Å². The molecule has 0 saturated carbocycles. The van der Waals surface area contributed by atoms with Crippen molar-refractivity contribution in [1.82, 2.24) is 9.88 Å². The van der Waals surface area contributed by atoms with Crippen LogP contribution in [-0.2, 0) is 21.6 Å². The molecule has 1 aromatic heterocycles. The van der Waals surface area contributed by atoms with Gasteiger partial charge in [-0.3, -0.25) is 9.78 Å². The quantitative estimate of drug-likeness (QED) is 0.267. The smallest absolute Gasteiger partial charge is 0.316 e. The fourth-order valence-electron chi connectivity index (χ4n) is 5.41. The SMILES string of the molecule is COC(=O)C1(c2ccc(I)cc2)CCN(CCC=C2c3cc(OC)ccc3OCc3ncccc32)CC1. The molecule has 5 rings (SSSR count). The molecule has 0 N–H and O–H groups in total. The second kappa shape index (κ2) is 11.2. The van der Waals surface area contributed by atoms with Crippen molar-refractivity contribution in [3.8, 4) is 11.5 Å². The first kappa shape index (κ1) is 25.7. The van der Waals surface area contributed by atoms with Crippen LogP contribution in [0.1, 0.15) is 41.6 Å². The number of likely N-dealkylation sites (tertiary alicyclic amines) is 1. The molecule has 0 spiro atoms. The third-order valence-electron chi connectivity index (χ3n) is 7.50. The van der Waals surface area contributed by atoms with Crippen LogP contribution >= 0.6 is 22.6 Å². The van der Waals surface area contributed by atoms with Gasteiger partial charge in [0.05, 0.1) is 25.3 Å². The minimum absolute atomic E-state index is 0.136. The summed E-state index contributed by atoms with van der Waals surface area (Å²) in [5, 5.41) is 0. The number of hydrogen-bond donors (Lipinski definition) is 0. The molecule has 3 heterocycles. The molecule has 2 aliphatic heterocycles. The predicted octanol–water partition coefficient (Wildman–Crippen LogP) is 5.62. The van der Waals surface area contributed by atoms with Gasteiger partial charge in [-0.25, -0.2) is 0 Å². The maximum absolute atomic E-state index is 12.9. The van der Waals surface area contributed by atoms with Crippen molar-refractivity contribution >= 4 is 34.1 Å². The number of halogens is 1. The second-order valence-electron chi connectivity index (χ2n) is 9.48. The molecule has 6 nitrogen and oxygen atoms in total. The lowest BCUT2D eigenvalue weighted by Crippen LogP contribution is -2.48.